The molecule has 0 saturated heterocycles. The number of urea groups is 1. The van der Waals surface area contributed by atoms with Crippen LogP contribution in [0.3, 0.4) is 0 Å². The van der Waals surface area contributed by atoms with Crippen LogP contribution in [0.1, 0.15) is 32.1 Å². The fourth-order valence-corrected chi connectivity index (χ4v) is 3.78. The molecule has 2 N–H and O–H groups in total. The van der Waals surface area contributed by atoms with E-state index in [2.05, 4.69) is 15.7 Å². The van der Waals surface area contributed by atoms with Crippen LogP contribution in [0.5, 0.6) is 0 Å². The van der Waals surface area contributed by atoms with Crippen LogP contribution in [-0.2, 0) is 0 Å². The number of amides is 4. The minimum atomic E-state index is -0.782. The summed E-state index contributed by atoms with van der Waals surface area (Å²) in [6.45, 7) is -0.358. The van der Waals surface area contributed by atoms with Crippen molar-refractivity contribution in [1.82, 2.24) is 19.9 Å². The molecule has 2 heterocycles. The molecule has 0 unspecified atom stereocenters. The summed E-state index contributed by atoms with van der Waals surface area (Å²) in [6, 6.07) is 21.9. The number of benzene rings is 3. The van der Waals surface area contributed by atoms with E-state index in [9.17, 15) is 19.2 Å². The van der Waals surface area contributed by atoms with Crippen LogP contribution in [0.2, 0.25) is 0 Å². The van der Waals surface area contributed by atoms with Crippen molar-refractivity contribution in [1.29, 1.82) is 0 Å². The Balaban J connectivity index is 1.39. The first-order valence-corrected chi connectivity index (χ1v) is 10.8. The third-order valence-electron chi connectivity index (χ3n) is 5.52. The van der Waals surface area contributed by atoms with Gasteiger partial charge in [0.2, 0.25) is 0 Å². The van der Waals surface area contributed by atoms with Gasteiger partial charge in [0.05, 0.1) is 22.0 Å². The quantitative estimate of drug-likeness (QED) is 0.440. The normalized spacial score (nSPS) is 12.9. The molecule has 0 spiro atoms. The maximum absolute atomic E-state index is 13.1. The van der Waals surface area contributed by atoms with Crippen LogP contribution in [-0.4, -0.2) is 39.1 Å². The molecule has 1 aromatic heterocycles. The summed E-state index contributed by atoms with van der Waals surface area (Å²) in [4.78, 5) is 56.3. The van der Waals surface area contributed by atoms with Gasteiger partial charge in [0.15, 0.2) is 5.82 Å². The van der Waals surface area contributed by atoms with Crippen LogP contribution in [0.15, 0.2) is 83.7 Å². The molecule has 3 aromatic carbocycles. The molecule has 1 aliphatic rings. The number of rotatable bonds is 5. The number of nitrogens with one attached hydrogen (secondary N) is 2. The summed E-state index contributed by atoms with van der Waals surface area (Å²) in [6.07, 6.45) is 3.39. The summed E-state index contributed by atoms with van der Waals surface area (Å²) >= 11 is 0. The first-order chi connectivity index (χ1) is 17.0. The Kier molecular flexibility index (Phi) is 5.64. The molecule has 0 saturated carbocycles. The van der Waals surface area contributed by atoms with Gasteiger partial charge in [-0.25, -0.2) is 15.2 Å². The molecule has 0 aliphatic carbocycles. The van der Waals surface area contributed by atoms with Crippen LogP contribution in [0.25, 0.3) is 23.1 Å². The highest BCUT2D eigenvalue weighted by Crippen LogP contribution is 2.21. The minimum absolute atomic E-state index is 0.202. The lowest BCUT2D eigenvalue weighted by molar-refractivity contribution is 0.0648. The standard InChI is InChI=1S/C26H19N5O4/c32-23-18-10-4-5-11-19(18)24(33)30(23)16-27-26(35)29-31-22(15-14-17-8-2-1-3-9-17)28-21-13-7-6-12-20(21)25(31)34/h1-15H,16H2,(H2,27,29,35)/b15-14+. The molecular formula is C26H19N5O4. The minimum Gasteiger partial charge on any atom is -0.319 e. The van der Waals surface area contributed by atoms with Crippen LogP contribution in [0, 0.1) is 0 Å². The van der Waals surface area contributed by atoms with Crippen LogP contribution in [0.4, 0.5) is 4.79 Å². The third kappa shape index (κ3) is 4.18. The lowest BCUT2D eigenvalue weighted by atomic mass is 10.1. The second-order valence-electron chi connectivity index (χ2n) is 7.73. The SMILES string of the molecule is O=C(NCN1C(=O)c2ccccc2C1=O)Nn1c(/C=C/c2ccccc2)nc2ccccc2c1=O. The zero-order chi connectivity index (χ0) is 24.4. The maximum atomic E-state index is 13.1. The molecule has 4 aromatic rings. The molecule has 5 rings (SSSR count). The van der Waals surface area contributed by atoms with Gasteiger partial charge in [-0.05, 0) is 35.9 Å². The Bertz CT molecular complexity index is 1520. The van der Waals surface area contributed by atoms with Crippen molar-refractivity contribution < 1.29 is 14.4 Å². The molecule has 35 heavy (non-hydrogen) atoms. The first kappa shape index (κ1) is 21.8. The largest absolute Gasteiger partial charge is 0.335 e. The highest BCUT2D eigenvalue weighted by Gasteiger charge is 2.35. The van der Waals surface area contributed by atoms with Gasteiger partial charge < -0.3 is 5.32 Å². The van der Waals surface area contributed by atoms with Crippen molar-refractivity contribution in [3.05, 3.63) is 112 Å². The number of para-hydroxylation sites is 1. The topological polar surface area (TPSA) is 113 Å². The van der Waals surface area contributed by atoms with Gasteiger partial charge in [-0.3, -0.25) is 19.3 Å². The molecule has 4 amide bonds. The van der Waals surface area contributed by atoms with Crippen LogP contribution < -0.4 is 16.3 Å². The number of hydrogen-bond acceptors (Lipinski definition) is 5. The molecular weight excluding hydrogens is 446 g/mol. The van der Waals surface area contributed by atoms with E-state index in [-0.39, 0.29) is 23.6 Å². The van der Waals surface area contributed by atoms with E-state index in [4.69, 9.17) is 0 Å². The molecule has 1 aliphatic heterocycles. The number of carbonyl (C=O) groups is 3. The van der Waals surface area contributed by atoms with E-state index in [0.717, 1.165) is 15.1 Å². The predicted molar refractivity (Wildman–Crippen MR) is 131 cm³/mol. The zero-order valence-corrected chi connectivity index (χ0v) is 18.3. The summed E-state index contributed by atoms with van der Waals surface area (Å²) in [7, 11) is 0. The summed E-state index contributed by atoms with van der Waals surface area (Å²) in [5, 5.41) is 2.79. The third-order valence-corrected chi connectivity index (χ3v) is 5.52. The van der Waals surface area contributed by atoms with Crippen molar-refractivity contribution in [2.75, 3.05) is 12.1 Å². The Morgan fingerprint density at radius 2 is 1.43 bits per heavy atom. The highest BCUT2D eigenvalue weighted by molar-refractivity contribution is 6.21. The smallest absolute Gasteiger partial charge is 0.319 e. The van der Waals surface area contributed by atoms with E-state index in [1.54, 1.807) is 60.7 Å². The van der Waals surface area contributed by atoms with Crippen molar-refractivity contribution in [3.63, 3.8) is 0 Å². The molecule has 0 bridgehead atoms. The Labute approximate surface area is 199 Å². The van der Waals surface area contributed by atoms with Crippen molar-refractivity contribution in [3.8, 4) is 0 Å². The average Bonchev–Trinajstić information content (AvgIpc) is 3.13. The van der Waals surface area contributed by atoms with Gasteiger partial charge >= 0.3 is 6.03 Å². The van der Waals surface area contributed by atoms with Gasteiger partial charge in [0.25, 0.3) is 17.4 Å². The molecule has 172 valence electrons. The van der Waals surface area contributed by atoms with Gasteiger partial charge in [0, 0.05) is 0 Å². The van der Waals surface area contributed by atoms with Crippen molar-refractivity contribution >= 4 is 40.9 Å². The summed E-state index contributed by atoms with van der Waals surface area (Å²) in [5.41, 5.74) is 3.93. The first-order valence-electron chi connectivity index (χ1n) is 10.8. The number of hydrogen-bond donors (Lipinski definition) is 2. The monoisotopic (exact) mass is 465 g/mol. The van der Waals surface area contributed by atoms with E-state index in [1.807, 2.05) is 30.3 Å². The number of fused-ring (bicyclic) bond motifs is 2. The number of imide groups is 1. The lowest BCUT2D eigenvalue weighted by Crippen LogP contribution is -2.46. The molecule has 0 atom stereocenters. The predicted octanol–water partition coefficient (Wildman–Crippen LogP) is 3.07. The number of nitrogens with zero attached hydrogens (tertiary/aromatic N) is 3. The fraction of sp³-hybridized carbons (Fsp3) is 0.0385. The van der Waals surface area contributed by atoms with E-state index >= 15 is 0 Å². The molecule has 0 radical (unpaired) electrons. The Morgan fingerprint density at radius 1 is 0.800 bits per heavy atom. The van der Waals surface area contributed by atoms with E-state index in [0.29, 0.717) is 10.9 Å². The lowest BCUT2D eigenvalue weighted by Gasteiger charge is -2.17. The van der Waals surface area contributed by atoms with E-state index < -0.39 is 23.4 Å². The Hall–Kier alpha value is -5.05. The maximum Gasteiger partial charge on any atom is 0.335 e. The highest BCUT2D eigenvalue weighted by atomic mass is 16.2. The second-order valence-corrected chi connectivity index (χ2v) is 7.73. The zero-order valence-electron chi connectivity index (χ0n) is 18.3. The second kappa shape index (κ2) is 9.06. The fourth-order valence-electron chi connectivity index (χ4n) is 3.78. The van der Waals surface area contributed by atoms with Gasteiger partial charge in [-0.2, -0.15) is 4.68 Å². The van der Waals surface area contributed by atoms with Gasteiger partial charge in [0.1, 0.15) is 6.67 Å². The molecule has 9 nitrogen and oxygen atoms in total. The Morgan fingerprint density at radius 3 is 2.14 bits per heavy atom. The van der Waals surface area contributed by atoms with Crippen molar-refractivity contribution in [2.45, 2.75) is 0 Å². The summed E-state index contributed by atoms with van der Waals surface area (Å²) in [5.74, 6) is -0.794. The molecule has 0 fully saturated rings. The van der Waals surface area contributed by atoms with Gasteiger partial charge in [-0.15, -0.1) is 0 Å². The van der Waals surface area contributed by atoms with Gasteiger partial charge in [-0.1, -0.05) is 60.7 Å². The van der Waals surface area contributed by atoms with Crippen molar-refractivity contribution in [2.24, 2.45) is 0 Å². The van der Waals surface area contributed by atoms with E-state index in [1.165, 1.54) is 0 Å². The average molecular weight is 465 g/mol. The number of aromatic nitrogens is 2. The summed E-state index contributed by atoms with van der Waals surface area (Å²) < 4.78 is 1.03. The molecule has 9 heteroatoms. The van der Waals surface area contributed by atoms with Crippen LogP contribution >= 0.6 is 0 Å². The number of carbonyl (C=O) groups excluding carboxylic acids is 3.